The molecular formula is C13H16FN3S. The maximum atomic E-state index is 14.0. The standard InChI is InChI=1S/C13H16FN3S/c1-9-13(6-7-18-9)8-16-12(15)17(13)11-5-3-2-4-10(11)14/h2-5,9H,6-8H2,1H3,(H2,15,16). The van der Waals surface area contributed by atoms with Crippen LogP contribution >= 0.6 is 11.8 Å². The molecule has 5 heteroatoms. The van der Waals surface area contributed by atoms with Gasteiger partial charge in [0.25, 0.3) is 0 Å². The number of guanidine groups is 1. The number of hydrogen-bond acceptors (Lipinski definition) is 4. The lowest BCUT2D eigenvalue weighted by atomic mass is 9.91. The zero-order valence-corrected chi connectivity index (χ0v) is 11.1. The number of thioether (sulfide) groups is 1. The first kappa shape index (κ1) is 11.8. The summed E-state index contributed by atoms with van der Waals surface area (Å²) in [7, 11) is 0. The van der Waals surface area contributed by atoms with Gasteiger partial charge >= 0.3 is 0 Å². The van der Waals surface area contributed by atoms with Gasteiger partial charge in [-0.2, -0.15) is 11.8 Å². The minimum atomic E-state index is -0.235. The highest BCUT2D eigenvalue weighted by molar-refractivity contribution is 8.00. The Labute approximate surface area is 110 Å². The molecule has 3 rings (SSSR count). The fourth-order valence-electron chi connectivity index (χ4n) is 2.86. The first-order valence-electron chi connectivity index (χ1n) is 6.11. The summed E-state index contributed by atoms with van der Waals surface area (Å²) in [6.07, 6.45) is 0.997. The SMILES string of the molecule is CC1SCCC12CN=C(N)N2c1ccccc1F. The fraction of sp³-hybridized carbons (Fsp3) is 0.462. The number of para-hydroxylation sites is 1. The highest BCUT2D eigenvalue weighted by atomic mass is 32.2. The van der Waals surface area contributed by atoms with Crippen molar-refractivity contribution in [1.29, 1.82) is 0 Å². The molecule has 2 N–H and O–H groups in total. The maximum Gasteiger partial charge on any atom is 0.196 e. The molecule has 2 heterocycles. The van der Waals surface area contributed by atoms with Crippen molar-refractivity contribution in [3.05, 3.63) is 30.1 Å². The van der Waals surface area contributed by atoms with Gasteiger partial charge in [0, 0.05) is 5.25 Å². The molecule has 2 unspecified atom stereocenters. The normalized spacial score (nSPS) is 31.1. The van der Waals surface area contributed by atoms with E-state index in [1.165, 1.54) is 6.07 Å². The van der Waals surface area contributed by atoms with E-state index in [1.54, 1.807) is 12.1 Å². The van der Waals surface area contributed by atoms with Crippen LogP contribution in [0, 0.1) is 5.82 Å². The maximum absolute atomic E-state index is 14.0. The summed E-state index contributed by atoms with van der Waals surface area (Å²) in [6.45, 7) is 2.85. The summed E-state index contributed by atoms with van der Waals surface area (Å²) >= 11 is 1.91. The van der Waals surface area contributed by atoms with E-state index in [4.69, 9.17) is 5.73 Å². The van der Waals surface area contributed by atoms with Crippen LogP contribution in [0.2, 0.25) is 0 Å². The van der Waals surface area contributed by atoms with Crippen LogP contribution in [-0.4, -0.2) is 29.0 Å². The third-order valence-corrected chi connectivity index (χ3v) is 5.32. The summed E-state index contributed by atoms with van der Waals surface area (Å²) in [5.74, 6) is 1.28. The third-order valence-electron chi connectivity index (χ3n) is 3.94. The number of anilines is 1. The molecule has 3 nitrogen and oxygen atoms in total. The van der Waals surface area contributed by atoms with Crippen molar-refractivity contribution in [3.8, 4) is 0 Å². The fourth-order valence-corrected chi connectivity index (χ4v) is 4.29. The number of benzene rings is 1. The van der Waals surface area contributed by atoms with Crippen molar-refractivity contribution in [3.63, 3.8) is 0 Å². The zero-order valence-electron chi connectivity index (χ0n) is 10.3. The number of aliphatic imine (C=N–C) groups is 1. The molecule has 18 heavy (non-hydrogen) atoms. The minimum Gasteiger partial charge on any atom is -0.369 e. The van der Waals surface area contributed by atoms with E-state index in [-0.39, 0.29) is 11.4 Å². The Bertz CT molecular complexity index is 505. The predicted molar refractivity (Wildman–Crippen MR) is 74.6 cm³/mol. The lowest BCUT2D eigenvalue weighted by Crippen LogP contribution is -2.55. The van der Waals surface area contributed by atoms with Gasteiger partial charge in [0.05, 0.1) is 17.8 Å². The van der Waals surface area contributed by atoms with E-state index in [2.05, 4.69) is 11.9 Å². The first-order valence-corrected chi connectivity index (χ1v) is 7.16. The minimum absolute atomic E-state index is 0.142. The number of hydrogen-bond donors (Lipinski definition) is 1. The molecule has 0 bridgehead atoms. The van der Waals surface area contributed by atoms with Crippen LogP contribution in [0.15, 0.2) is 29.3 Å². The van der Waals surface area contributed by atoms with Gasteiger partial charge < -0.3 is 10.6 Å². The first-order chi connectivity index (χ1) is 8.65. The molecule has 0 radical (unpaired) electrons. The molecule has 1 fully saturated rings. The van der Waals surface area contributed by atoms with E-state index in [0.29, 0.717) is 23.4 Å². The topological polar surface area (TPSA) is 41.6 Å². The number of rotatable bonds is 1. The molecule has 1 aromatic rings. The van der Waals surface area contributed by atoms with Crippen molar-refractivity contribution in [1.82, 2.24) is 0 Å². The monoisotopic (exact) mass is 265 g/mol. The second-order valence-electron chi connectivity index (χ2n) is 4.83. The lowest BCUT2D eigenvalue weighted by Gasteiger charge is -2.39. The summed E-state index contributed by atoms with van der Waals surface area (Å²) in [6, 6.07) is 6.79. The second-order valence-corrected chi connectivity index (χ2v) is 6.28. The molecule has 0 aromatic heterocycles. The summed E-state index contributed by atoms with van der Waals surface area (Å²) in [5.41, 5.74) is 6.40. The van der Waals surface area contributed by atoms with Gasteiger partial charge in [-0.25, -0.2) is 4.39 Å². The summed E-state index contributed by atoms with van der Waals surface area (Å²) < 4.78 is 14.0. The van der Waals surface area contributed by atoms with Crippen molar-refractivity contribution in [2.45, 2.75) is 24.1 Å². The summed E-state index contributed by atoms with van der Waals surface area (Å²) in [5, 5.41) is 0.405. The van der Waals surface area contributed by atoms with Crippen LogP contribution in [0.25, 0.3) is 0 Å². The molecule has 2 aliphatic heterocycles. The lowest BCUT2D eigenvalue weighted by molar-refractivity contribution is 0.454. The molecule has 0 saturated carbocycles. The molecule has 96 valence electrons. The van der Waals surface area contributed by atoms with Crippen LogP contribution in [-0.2, 0) is 0 Å². The van der Waals surface area contributed by atoms with Crippen LogP contribution in [0.1, 0.15) is 13.3 Å². The van der Waals surface area contributed by atoms with Crippen LogP contribution in [0.3, 0.4) is 0 Å². The number of nitrogens with zero attached hydrogens (tertiary/aromatic N) is 2. The molecule has 0 amide bonds. The van der Waals surface area contributed by atoms with Crippen molar-refractivity contribution in [2.75, 3.05) is 17.2 Å². The molecule has 1 aromatic carbocycles. The Kier molecular flexibility index (Phi) is 2.73. The van der Waals surface area contributed by atoms with Gasteiger partial charge in [-0.3, -0.25) is 4.99 Å². The zero-order chi connectivity index (χ0) is 12.8. The summed E-state index contributed by atoms with van der Waals surface area (Å²) in [4.78, 5) is 6.27. The van der Waals surface area contributed by atoms with Gasteiger partial charge in [0.2, 0.25) is 0 Å². The van der Waals surface area contributed by atoms with E-state index in [0.717, 1.165) is 12.2 Å². The Morgan fingerprint density at radius 2 is 2.28 bits per heavy atom. The highest BCUT2D eigenvalue weighted by Crippen LogP contribution is 2.45. The van der Waals surface area contributed by atoms with Crippen LogP contribution in [0.5, 0.6) is 0 Å². The largest absolute Gasteiger partial charge is 0.369 e. The molecule has 2 atom stereocenters. The van der Waals surface area contributed by atoms with Crippen LogP contribution in [0.4, 0.5) is 10.1 Å². The number of nitrogens with two attached hydrogens (primary N) is 1. The van der Waals surface area contributed by atoms with Gasteiger partial charge in [0.15, 0.2) is 5.96 Å². The van der Waals surface area contributed by atoms with Crippen molar-refractivity contribution >= 4 is 23.4 Å². The van der Waals surface area contributed by atoms with Crippen molar-refractivity contribution < 1.29 is 4.39 Å². The number of halogens is 1. The van der Waals surface area contributed by atoms with Gasteiger partial charge in [-0.05, 0) is 24.3 Å². The van der Waals surface area contributed by atoms with E-state index in [1.807, 2.05) is 22.7 Å². The Morgan fingerprint density at radius 3 is 2.94 bits per heavy atom. The Balaban J connectivity index is 2.08. The highest BCUT2D eigenvalue weighted by Gasteiger charge is 2.50. The van der Waals surface area contributed by atoms with Crippen LogP contribution < -0.4 is 10.6 Å². The van der Waals surface area contributed by atoms with Gasteiger partial charge in [-0.15, -0.1) is 0 Å². The average Bonchev–Trinajstić information content (AvgIpc) is 2.87. The Hall–Kier alpha value is -1.23. The molecule has 1 spiro atoms. The van der Waals surface area contributed by atoms with E-state index >= 15 is 0 Å². The Morgan fingerprint density at radius 1 is 1.50 bits per heavy atom. The van der Waals surface area contributed by atoms with Gasteiger partial charge in [0.1, 0.15) is 5.82 Å². The third kappa shape index (κ3) is 1.53. The van der Waals surface area contributed by atoms with E-state index in [9.17, 15) is 4.39 Å². The second kappa shape index (κ2) is 4.16. The van der Waals surface area contributed by atoms with E-state index < -0.39 is 0 Å². The average molecular weight is 265 g/mol. The molecular weight excluding hydrogens is 249 g/mol. The quantitative estimate of drug-likeness (QED) is 0.846. The smallest absolute Gasteiger partial charge is 0.196 e. The molecule has 0 aliphatic carbocycles. The molecule has 2 aliphatic rings. The predicted octanol–water partition coefficient (Wildman–Crippen LogP) is 2.22. The molecule has 1 saturated heterocycles. The van der Waals surface area contributed by atoms with Gasteiger partial charge in [-0.1, -0.05) is 19.1 Å². The van der Waals surface area contributed by atoms with Crippen molar-refractivity contribution in [2.24, 2.45) is 10.7 Å².